The van der Waals surface area contributed by atoms with E-state index in [2.05, 4.69) is 35.1 Å². The monoisotopic (exact) mass is 367 g/mol. The molecule has 6 heteroatoms. The normalized spacial score (nSPS) is 28.6. The van der Waals surface area contributed by atoms with Crippen molar-refractivity contribution in [2.45, 2.75) is 32.4 Å². The number of nitrogens with one attached hydrogen (secondary N) is 1. The lowest BCUT2D eigenvalue weighted by molar-refractivity contribution is -0.108. The molecule has 1 heterocycles. The van der Waals surface area contributed by atoms with E-state index in [4.69, 9.17) is 9.84 Å². The number of halogens is 1. The molecule has 1 aromatic carbocycles. The fourth-order valence-corrected chi connectivity index (χ4v) is 4.18. The summed E-state index contributed by atoms with van der Waals surface area (Å²) in [6, 6.07) is 4.57. The van der Waals surface area contributed by atoms with Gasteiger partial charge in [-0.3, -0.25) is 4.79 Å². The van der Waals surface area contributed by atoms with Crippen LogP contribution in [0.3, 0.4) is 0 Å². The molecule has 2 N–H and O–H groups in total. The van der Waals surface area contributed by atoms with E-state index in [1.807, 2.05) is 0 Å². The van der Waals surface area contributed by atoms with E-state index in [-0.39, 0.29) is 29.0 Å². The van der Waals surface area contributed by atoms with Crippen LogP contribution in [0.15, 0.2) is 22.7 Å². The van der Waals surface area contributed by atoms with E-state index in [1.165, 1.54) is 12.1 Å². The average Bonchev–Trinajstić information content (AvgIpc) is 2.90. The molecule has 118 valence electrons. The second-order valence-corrected chi connectivity index (χ2v) is 7.47. The van der Waals surface area contributed by atoms with Crippen LogP contribution in [0.2, 0.25) is 0 Å². The third-order valence-corrected chi connectivity index (χ3v) is 5.25. The van der Waals surface area contributed by atoms with Crippen LogP contribution in [0.1, 0.15) is 41.0 Å². The Morgan fingerprint density at radius 3 is 2.68 bits per heavy atom. The van der Waals surface area contributed by atoms with Gasteiger partial charge in [0.25, 0.3) is 5.91 Å². The summed E-state index contributed by atoms with van der Waals surface area (Å²) in [5, 5.41) is 12.1. The first-order chi connectivity index (χ1) is 10.3. The van der Waals surface area contributed by atoms with Gasteiger partial charge in [-0.1, -0.05) is 29.8 Å². The molecule has 3 unspecified atom stereocenters. The molecule has 1 amide bonds. The van der Waals surface area contributed by atoms with E-state index < -0.39 is 5.97 Å². The highest BCUT2D eigenvalue weighted by atomic mass is 79.9. The second-order valence-electron chi connectivity index (χ2n) is 6.55. The lowest BCUT2D eigenvalue weighted by Crippen LogP contribution is -2.66. The van der Waals surface area contributed by atoms with E-state index in [1.54, 1.807) is 6.07 Å². The number of fused-ring (bicyclic) bond motifs is 1. The largest absolute Gasteiger partial charge is 0.478 e. The molecule has 0 bridgehead atoms. The second kappa shape index (κ2) is 5.35. The fraction of sp³-hybridized carbons (Fsp3) is 0.500. The van der Waals surface area contributed by atoms with Gasteiger partial charge < -0.3 is 15.2 Å². The Labute approximate surface area is 137 Å². The molecule has 5 nitrogen and oxygen atoms in total. The van der Waals surface area contributed by atoms with Crippen LogP contribution < -0.4 is 5.32 Å². The number of hydrogen-bond acceptors (Lipinski definition) is 3. The van der Waals surface area contributed by atoms with Gasteiger partial charge in [0.05, 0.1) is 11.7 Å². The number of amides is 1. The van der Waals surface area contributed by atoms with Gasteiger partial charge in [0, 0.05) is 34.0 Å². The van der Waals surface area contributed by atoms with Gasteiger partial charge in [0.1, 0.15) is 0 Å². The summed E-state index contributed by atoms with van der Waals surface area (Å²) in [5.41, 5.74) is 0.345. The lowest BCUT2D eigenvalue weighted by Gasteiger charge is -2.54. The molecule has 1 aliphatic heterocycles. The van der Waals surface area contributed by atoms with Crippen LogP contribution in [0, 0.1) is 11.3 Å². The van der Waals surface area contributed by atoms with Crippen LogP contribution >= 0.6 is 15.9 Å². The first-order valence-corrected chi connectivity index (χ1v) is 8.06. The maximum absolute atomic E-state index is 12.5. The lowest BCUT2D eigenvalue weighted by atomic mass is 9.57. The average molecular weight is 368 g/mol. The first-order valence-electron chi connectivity index (χ1n) is 7.27. The van der Waals surface area contributed by atoms with Gasteiger partial charge in [0.2, 0.25) is 0 Å². The molecule has 1 saturated carbocycles. The van der Waals surface area contributed by atoms with Crippen molar-refractivity contribution in [3.05, 3.63) is 33.8 Å². The number of benzene rings is 1. The van der Waals surface area contributed by atoms with Gasteiger partial charge in [-0.25, -0.2) is 4.79 Å². The van der Waals surface area contributed by atoms with Crippen molar-refractivity contribution < 1.29 is 19.4 Å². The quantitative estimate of drug-likeness (QED) is 0.860. The van der Waals surface area contributed by atoms with Crippen LogP contribution in [-0.2, 0) is 4.74 Å². The van der Waals surface area contributed by atoms with Gasteiger partial charge >= 0.3 is 5.97 Å². The predicted octanol–water partition coefficient (Wildman–Crippen LogP) is 2.69. The molecule has 3 rings (SSSR count). The molecular weight excluding hydrogens is 350 g/mol. The van der Waals surface area contributed by atoms with Gasteiger partial charge in [-0.15, -0.1) is 0 Å². The van der Waals surface area contributed by atoms with Gasteiger partial charge in [-0.2, -0.15) is 0 Å². The number of carboxylic acids is 1. The number of ether oxygens (including phenoxy) is 1. The molecule has 2 aliphatic rings. The molecule has 3 atom stereocenters. The fourth-order valence-electron chi connectivity index (χ4n) is 3.69. The zero-order chi connectivity index (χ0) is 16.1. The molecule has 2 fully saturated rings. The Kier molecular flexibility index (Phi) is 3.77. The van der Waals surface area contributed by atoms with Crippen molar-refractivity contribution in [1.29, 1.82) is 0 Å². The Morgan fingerprint density at radius 2 is 2.00 bits per heavy atom. The van der Waals surface area contributed by atoms with E-state index >= 15 is 0 Å². The Morgan fingerprint density at radius 1 is 1.32 bits per heavy atom. The highest BCUT2D eigenvalue weighted by Gasteiger charge is 2.59. The number of carboxylic acid groups (broad SMARTS) is 1. The molecule has 0 aromatic heterocycles. The summed E-state index contributed by atoms with van der Waals surface area (Å²) < 4.78 is 6.29. The maximum atomic E-state index is 12.5. The number of hydrogen-bond donors (Lipinski definition) is 2. The summed E-state index contributed by atoms with van der Waals surface area (Å²) in [6.07, 6.45) is 1.16. The molecule has 1 saturated heterocycles. The molecule has 0 radical (unpaired) electrons. The Balaban J connectivity index is 1.79. The zero-order valence-corrected chi connectivity index (χ0v) is 14.0. The highest BCUT2D eigenvalue weighted by molar-refractivity contribution is 9.10. The maximum Gasteiger partial charge on any atom is 0.335 e. The van der Waals surface area contributed by atoms with Crippen LogP contribution in [0.4, 0.5) is 0 Å². The molecule has 0 spiro atoms. The van der Waals surface area contributed by atoms with E-state index in [0.717, 1.165) is 13.0 Å². The number of carbonyl (C=O) groups excluding carboxylic acids is 1. The smallest absolute Gasteiger partial charge is 0.335 e. The SMILES string of the molecule is CC1(C)C(NC(=O)c2cc(Br)cc(C(=O)O)c2)C2CCOC21. The predicted molar refractivity (Wildman–Crippen MR) is 84.0 cm³/mol. The summed E-state index contributed by atoms with van der Waals surface area (Å²) >= 11 is 3.25. The van der Waals surface area contributed by atoms with Crippen molar-refractivity contribution >= 4 is 27.8 Å². The van der Waals surface area contributed by atoms with Gasteiger partial charge in [-0.05, 0) is 24.6 Å². The standard InChI is InChI=1S/C16H18BrNO4/c1-16(2)12(11-3-4-22-13(11)16)18-14(19)8-5-9(15(20)21)7-10(17)6-8/h5-7,11-13H,3-4H2,1-2H3,(H,18,19)(H,20,21). The molecule has 1 aromatic rings. The third kappa shape index (κ3) is 2.44. The summed E-state index contributed by atoms with van der Waals surface area (Å²) in [4.78, 5) is 23.6. The molecular formula is C16H18BrNO4. The highest BCUT2D eigenvalue weighted by Crippen LogP contribution is 2.52. The summed E-state index contributed by atoms with van der Waals surface area (Å²) in [5.74, 6) is -0.944. The van der Waals surface area contributed by atoms with E-state index in [0.29, 0.717) is 16.0 Å². The number of rotatable bonds is 3. The van der Waals surface area contributed by atoms with Crippen molar-refractivity contribution in [3.63, 3.8) is 0 Å². The van der Waals surface area contributed by atoms with Crippen molar-refractivity contribution in [3.8, 4) is 0 Å². The minimum atomic E-state index is -1.05. The van der Waals surface area contributed by atoms with Crippen LogP contribution in [0.5, 0.6) is 0 Å². The zero-order valence-electron chi connectivity index (χ0n) is 12.4. The summed E-state index contributed by atoms with van der Waals surface area (Å²) in [7, 11) is 0. The Hall–Kier alpha value is -1.40. The molecule has 1 aliphatic carbocycles. The van der Waals surface area contributed by atoms with Crippen molar-refractivity contribution in [2.24, 2.45) is 11.3 Å². The van der Waals surface area contributed by atoms with Gasteiger partial charge in [0.15, 0.2) is 0 Å². The number of aromatic carboxylic acids is 1. The molecule has 22 heavy (non-hydrogen) atoms. The first kappa shape index (κ1) is 15.5. The van der Waals surface area contributed by atoms with Crippen LogP contribution in [-0.4, -0.2) is 35.7 Å². The van der Waals surface area contributed by atoms with Crippen molar-refractivity contribution in [2.75, 3.05) is 6.61 Å². The minimum absolute atomic E-state index is 0.0553. The van der Waals surface area contributed by atoms with Crippen LogP contribution in [0.25, 0.3) is 0 Å². The Bertz CT molecular complexity index is 643. The van der Waals surface area contributed by atoms with Crippen molar-refractivity contribution in [1.82, 2.24) is 5.32 Å². The number of carbonyl (C=O) groups is 2. The minimum Gasteiger partial charge on any atom is -0.478 e. The third-order valence-electron chi connectivity index (χ3n) is 4.79. The topological polar surface area (TPSA) is 75.6 Å². The summed E-state index contributed by atoms with van der Waals surface area (Å²) in [6.45, 7) is 4.92. The van der Waals surface area contributed by atoms with E-state index in [9.17, 15) is 9.59 Å².